The highest BCUT2D eigenvalue weighted by Crippen LogP contribution is 2.27. The molecule has 2 aliphatic rings. The number of halogens is 2. The Bertz CT molecular complexity index is 1090. The van der Waals surface area contributed by atoms with Gasteiger partial charge in [-0.1, -0.05) is 29.3 Å². The first-order valence-corrected chi connectivity index (χ1v) is 13.3. The first-order chi connectivity index (χ1) is 15.8. The van der Waals surface area contributed by atoms with E-state index in [1.165, 1.54) is 10.4 Å². The number of carbonyl (C=O) groups is 1. The molecular formula is C23H27Cl2N3O4S. The fourth-order valence-corrected chi connectivity index (χ4v) is 6.35. The Hall–Kier alpha value is -1.84. The van der Waals surface area contributed by atoms with Crippen LogP contribution in [0.25, 0.3) is 0 Å². The number of ether oxygens (including phenoxy) is 1. The summed E-state index contributed by atoms with van der Waals surface area (Å²) in [5, 5.41) is 3.71. The molecule has 2 aromatic carbocycles. The summed E-state index contributed by atoms with van der Waals surface area (Å²) in [4.78, 5) is 15.1. The van der Waals surface area contributed by atoms with Gasteiger partial charge in [0.05, 0.1) is 24.9 Å². The van der Waals surface area contributed by atoms with Crippen LogP contribution >= 0.6 is 23.2 Å². The van der Waals surface area contributed by atoms with Crippen LogP contribution in [0.5, 0.6) is 0 Å². The summed E-state index contributed by atoms with van der Waals surface area (Å²) >= 11 is 12.1. The lowest BCUT2D eigenvalue weighted by atomic mass is 9.98. The van der Waals surface area contributed by atoms with Crippen molar-refractivity contribution in [3.63, 3.8) is 0 Å². The van der Waals surface area contributed by atoms with Gasteiger partial charge in [0.1, 0.15) is 0 Å². The standard InChI is InChI=1S/C23H27Cl2N3O4S/c24-19-4-3-18(22(25)14-19)16-33(30,31)28-9-1-2-17(15-28)23(29)26-20-5-7-21(8-6-20)27-10-12-32-13-11-27/h3-8,14,17H,1-2,9-13,15-16H2,(H,26,29)/t17-/m1/s1. The van der Waals surface area contributed by atoms with Crippen LogP contribution in [0.3, 0.4) is 0 Å². The van der Waals surface area contributed by atoms with Gasteiger partial charge in [0, 0.05) is 47.6 Å². The minimum absolute atomic E-state index is 0.158. The number of nitrogens with zero attached hydrogens (tertiary/aromatic N) is 2. The molecule has 4 rings (SSSR count). The maximum absolute atomic E-state index is 13.0. The van der Waals surface area contributed by atoms with Crippen LogP contribution in [0.15, 0.2) is 42.5 Å². The predicted octanol–water partition coefficient (Wildman–Crippen LogP) is 4.01. The number of hydrogen-bond acceptors (Lipinski definition) is 5. The summed E-state index contributed by atoms with van der Waals surface area (Å²) < 4.78 is 32.8. The van der Waals surface area contributed by atoms with Crippen molar-refractivity contribution in [3.05, 3.63) is 58.1 Å². The van der Waals surface area contributed by atoms with Crippen LogP contribution in [0, 0.1) is 5.92 Å². The molecule has 7 nitrogen and oxygen atoms in total. The highest BCUT2D eigenvalue weighted by atomic mass is 35.5. The van der Waals surface area contributed by atoms with Crippen molar-refractivity contribution in [3.8, 4) is 0 Å². The molecule has 33 heavy (non-hydrogen) atoms. The van der Waals surface area contributed by atoms with E-state index in [4.69, 9.17) is 27.9 Å². The molecule has 10 heteroatoms. The Morgan fingerprint density at radius 3 is 2.48 bits per heavy atom. The van der Waals surface area contributed by atoms with Crippen LogP contribution < -0.4 is 10.2 Å². The number of anilines is 2. The minimum atomic E-state index is -3.62. The van der Waals surface area contributed by atoms with Crippen molar-refractivity contribution in [2.75, 3.05) is 49.6 Å². The van der Waals surface area contributed by atoms with Gasteiger partial charge in [0.15, 0.2) is 0 Å². The number of benzene rings is 2. The van der Waals surface area contributed by atoms with Gasteiger partial charge in [0.2, 0.25) is 15.9 Å². The van der Waals surface area contributed by atoms with E-state index in [0.29, 0.717) is 53.9 Å². The summed E-state index contributed by atoms with van der Waals surface area (Å²) in [5.74, 6) is -0.799. The Morgan fingerprint density at radius 2 is 1.79 bits per heavy atom. The molecule has 2 saturated heterocycles. The van der Waals surface area contributed by atoms with Crippen LogP contribution in [0.1, 0.15) is 18.4 Å². The molecule has 0 unspecified atom stereocenters. The van der Waals surface area contributed by atoms with Crippen molar-refractivity contribution in [2.24, 2.45) is 5.92 Å². The smallest absolute Gasteiger partial charge is 0.228 e. The zero-order valence-electron chi connectivity index (χ0n) is 18.2. The molecule has 2 aliphatic heterocycles. The van der Waals surface area contributed by atoms with Crippen molar-refractivity contribution >= 4 is 50.5 Å². The largest absolute Gasteiger partial charge is 0.378 e. The zero-order chi connectivity index (χ0) is 23.4. The molecule has 1 N–H and O–H groups in total. The average molecular weight is 512 g/mol. The molecular weight excluding hydrogens is 485 g/mol. The van der Waals surface area contributed by atoms with E-state index in [9.17, 15) is 13.2 Å². The summed E-state index contributed by atoms with van der Waals surface area (Å²) in [6.07, 6.45) is 1.27. The van der Waals surface area contributed by atoms with Gasteiger partial charge in [-0.15, -0.1) is 0 Å². The predicted molar refractivity (Wildman–Crippen MR) is 131 cm³/mol. The lowest BCUT2D eigenvalue weighted by Crippen LogP contribution is -2.44. The molecule has 2 aromatic rings. The Morgan fingerprint density at radius 1 is 1.06 bits per heavy atom. The van der Waals surface area contributed by atoms with Crippen molar-refractivity contribution < 1.29 is 17.9 Å². The number of morpholine rings is 1. The molecule has 178 valence electrons. The number of amides is 1. The lowest BCUT2D eigenvalue weighted by molar-refractivity contribution is -0.120. The summed E-state index contributed by atoms with van der Waals surface area (Å²) in [7, 11) is -3.62. The fourth-order valence-electron chi connectivity index (χ4n) is 4.16. The Labute approximate surface area is 204 Å². The molecule has 2 fully saturated rings. The van der Waals surface area contributed by atoms with Gasteiger partial charge in [0.25, 0.3) is 0 Å². The van der Waals surface area contributed by atoms with E-state index in [0.717, 1.165) is 18.8 Å². The molecule has 1 amide bonds. The minimum Gasteiger partial charge on any atom is -0.378 e. The number of sulfonamides is 1. The van der Waals surface area contributed by atoms with Crippen LogP contribution in [-0.4, -0.2) is 58.0 Å². The van der Waals surface area contributed by atoms with Crippen LogP contribution in [0.2, 0.25) is 10.0 Å². The summed E-state index contributed by atoms with van der Waals surface area (Å²) in [6.45, 7) is 3.67. The van der Waals surface area contributed by atoms with Crippen molar-refractivity contribution in [1.29, 1.82) is 0 Å². The average Bonchev–Trinajstić information content (AvgIpc) is 2.82. The topological polar surface area (TPSA) is 79.0 Å². The summed E-state index contributed by atoms with van der Waals surface area (Å²) in [5.41, 5.74) is 2.28. The van der Waals surface area contributed by atoms with Crippen molar-refractivity contribution in [2.45, 2.75) is 18.6 Å². The third-order valence-electron chi connectivity index (χ3n) is 6.01. The van der Waals surface area contributed by atoms with Gasteiger partial charge < -0.3 is 15.0 Å². The number of carbonyl (C=O) groups excluding carboxylic acids is 1. The number of hydrogen-bond donors (Lipinski definition) is 1. The first kappa shape index (κ1) is 24.3. The molecule has 0 aliphatic carbocycles. The maximum Gasteiger partial charge on any atom is 0.228 e. The van der Waals surface area contributed by atoms with E-state index in [2.05, 4.69) is 10.2 Å². The van der Waals surface area contributed by atoms with E-state index < -0.39 is 15.9 Å². The molecule has 1 atom stereocenters. The second-order valence-corrected chi connectivity index (χ2v) is 11.1. The molecule has 0 radical (unpaired) electrons. The molecule has 2 heterocycles. The van der Waals surface area contributed by atoms with Crippen LogP contribution in [0.4, 0.5) is 11.4 Å². The third kappa shape index (κ3) is 6.19. The Kier molecular flexibility index (Phi) is 7.81. The van der Waals surface area contributed by atoms with Gasteiger partial charge in [-0.2, -0.15) is 0 Å². The van der Waals surface area contributed by atoms with E-state index >= 15 is 0 Å². The fraction of sp³-hybridized carbons (Fsp3) is 0.435. The first-order valence-electron chi connectivity index (χ1n) is 11.0. The van der Waals surface area contributed by atoms with Gasteiger partial charge >= 0.3 is 0 Å². The zero-order valence-corrected chi connectivity index (χ0v) is 20.5. The monoisotopic (exact) mass is 511 g/mol. The van der Waals surface area contributed by atoms with Gasteiger partial charge in [-0.25, -0.2) is 12.7 Å². The highest BCUT2D eigenvalue weighted by Gasteiger charge is 2.32. The molecule has 0 spiro atoms. The normalized spacial score (nSPS) is 19.9. The van der Waals surface area contributed by atoms with E-state index in [1.807, 2.05) is 24.3 Å². The van der Waals surface area contributed by atoms with Gasteiger partial charge in [-0.3, -0.25) is 4.79 Å². The molecule has 0 aromatic heterocycles. The molecule has 0 bridgehead atoms. The lowest BCUT2D eigenvalue weighted by Gasteiger charge is -2.31. The SMILES string of the molecule is O=C(Nc1ccc(N2CCOCC2)cc1)[C@@H]1CCCN(S(=O)(=O)Cc2ccc(Cl)cc2Cl)C1. The molecule has 0 saturated carbocycles. The summed E-state index contributed by atoms with van der Waals surface area (Å²) in [6, 6.07) is 12.5. The Balaban J connectivity index is 1.36. The van der Waals surface area contributed by atoms with E-state index in [1.54, 1.807) is 12.1 Å². The van der Waals surface area contributed by atoms with Gasteiger partial charge in [-0.05, 0) is 54.8 Å². The quantitative estimate of drug-likeness (QED) is 0.633. The second-order valence-electron chi connectivity index (χ2n) is 8.32. The number of rotatable bonds is 6. The van der Waals surface area contributed by atoms with Crippen molar-refractivity contribution in [1.82, 2.24) is 4.31 Å². The maximum atomic E-state index is 13.0. The third-order valence-corrected chi connectivity index (χ3v) is 8.39. The second kappa shape index (κ2) is 10.6. The van der Waals surface area contributed by atoms with E-state index in [-0.39, 0.29) is 18.2 Å². The van der Waals surface area contributed by atoms with Crippen LogP contribution in [-0.2, 0) is 25.3 Å². The highest BCUT2D eigenvalue weighted by molar-refractivity contribution is 7.88. The number of nitrogens with one attached hydrogen (secondary N) is 1. The number of piperidine rings is 1.